The SMILES string of the molecule is N#C/C(=C/Nc1cc(C(F)(F)F)cc(C(F)(F)F)c1)C(=O)N(CCO)CCO. The standard InChI is InChI=1S/C16H15F6N3O3/c17-15(18,19)11-5-12(16(20,21)22)7-13(6-11)24-9-10(8-23)14(28)25(1-3-26)2-4-27/h5-7,9,24,26-27H,1-4H2/b10-9-. The van der Waals surface area contributed by atoms with E-state index in [4.69, 9.17) is 15.5 Å². The smallest absolute Gasteiger partial charge is 0.395 e. The number of carbonyl (C=O) groups excluding carboxylic acids is 1. The van der Waals surface area contributed by atoms with Gasteiger partial charge in [0.25, 0.3) is 5.91 Å². The Kier molecular flexibility index (Phi) is 7.83. The number of aliphatic hydroxyl groups excluding tert-OH is 2. The lowest BCUT2D eigenvalue weighted by atomic mass is 10.1. The molecule has 154 valence electrons. The van der Waals surface area contributed by atoms with Crippen LogP contribution >= 0.6 is 0 Å². The van der Waals surface area contributed by atoms with Gasteiger partial charge < -0.3 is 20.4 Å². The Morgan fingerprint density at radius 1 is 1.04 bits per heavy atom. The van der Waals surface area contributed by atoms with E-state index in [9.17, 15) is 31.1 Å². The van der Waals surface area contributed by atoms with Crippen molar-refractivity contribution in [1.82, 2.24) is 4.90 Å². The van der Waals surface area contributed by atoms with Gasteiger partial charge in [-0.3, -0.25) is 4.79 Å². The molecule has 0 fully saturated rings. The van der Waals surface area contributed by atoms with Gasteiger partial charge in [-0.2, -0.15) is 31.6 Å². The van der Waals surface area contributed by atoms with Crippen LogP contribution < -0.4 is 5.32 Å². The summed E-state index contributed by atoms with van der Waals surface area (Å²) in [7, 11) is 0. The maximum absolute atomic E-state index is 12.8. The maximum Gasteiger partial charge on any atom is 0.416 e. The largest absolute Gasteiger partial charge is 0.416 e. The van der Waals surface area contributed by atoms with E-state index in [0.29, 0.717) is 18.3 Å². The van der Waals surface area contributed by atoms with Gasteiger partial charge in [-0.1, -0.05) is 0 Å². The summed E-state index contributed by atoms with van der Waals surface area (Å²) >= 11 is 0. The summed E-state index contributed by atoms with van der Waals surface area (Å²) in [6.45, 7) is -1.44. The molecule has 0 bridgehead atoms. The van der Waals surface area contributed by atoms with Gasteiger partial charge in [-0.25, -0.2) is 0 Å². The van der Waals surface area contributed by atoms with E-state index < -0.39 is 53.9 Å². The molecule has 28 heavy (non-hydrogen) atoms. The van der Waals surface area contributed by atoms with E-state index in [1.54, 1.807) is 0 Å². The highest BCUT2D eigenvalue weighted by Gasteiger charge is 2.36. The lowest BCUT2D eigenvalue weighted by Gasteiger charge is -2.20. The molecule has 0 aliphatic carbocycles. The first kappa shape index (κ1) is 23.3. The molecular weight excluding hydrogens is 396 g/mol. The summed E-state index contributed by atoms with van der Waals surface area (Å²) in [5, 5.41) is 28.9. The fourth-order valence-corrected chi connectivity index (χ4v) is 2.06. The average molecular weight is 411 g/mol. The maximum atomic E-state index is 12.8. The number of nitrogens with zero attached hydrogens (tertiary/aromatic N) is 2. The van der Waals surface area contributed by atoms with E-state index in [2.05, 4.69) is 5.32 Å². The van der Waals surface area contributed by atoms with Gasteiger partial charge in [0.15, 0.2) is 0 Å². The normalized spacial score (nSPS) is 12.5. The van der Waals surface area contributed by atoms with Crippen LogP contribution in [0.2, 0.25) is 0 Å². The molecule has 0 aliphatic rings. The van der Waals surface area contributed by atoms with Crippen molar-refractivity contribution in [2.75, 3.05) is 31.6 Å². The number of halogens is 6. The van der Waals surface area contributed by atoms with Gasteiger partial charge in [0, 0.05) is 25.0 Å². The van der Waals surface area contributed by atoms with Crippen molar-refractivity contribution >= 4 is 11.6 Å². The van der Waals surface area contributed by atoms with Crippen molar-refractivity contribution in [2.45, 2.75) is 12.4 Å². The highest BCUT2D eigenvalue weighted by Crippen LogP contribution is 2.37. The van der Waals surface area contributed by atoms with Crippen molar-refractivity contribution in [3.63, 3.8) is 0 Å². The van der Waals surface area contributed by atoms with Gasteiger partial charge in [-0.15, -0.1) is 0 Å². The second-order valence-corrected chi connectivity index (χ2v) is 5.35. The van der Waals surface area contributed by atoms with Gasteiger partial charge in [0.2, 0.25) is 0 Å². The van der Waals surface area contributed by atoms with E-state index in [1.165, 1.54) is 6.07 Å². The molecule has 1 amide bonds. The quantitative estimate of drug-likeness (QED) is 0.364. The second-order valence-electron chi connectivity index (χ2n) is 5.35. The second kappa shape index (κ2) is 9.43. The summed E-state index contributed by atoms with van der Waals surface area (Å²) in [5.74, 6) is -0.971. The van der Waals surface area contributed by atoms with Crippen LogP contribution in [0.4, 0.5) is 32.0 Å². The molecule has 0 unspecified atom stereocenters. The third-order valence-electron chi connectivity index (χ3n) is 3.35. The third-order valence-corrected chi connectivity index (χ3v) is 3.35. The van der Waals surface area contributed by atoms with Crippen LogP contribution in [0.1, 0.15) is 11.1 Å². The first-order valence-corrected chi connectivity index (χ1v) is 7.61. The number of aliphatic hydroxyl groups is 2. The van der Waals surface area contributed by atoms with Crippen LogP contribution in [0.5, 0.6) is 0 Å². The number of amides is 1. The molecule has 6 nitrogen and oxygen atoms in total. The molecule has 12 heteroatoms. The minimum Gasteiger partial charge on any atom is -0.395 e. The number of nitriles is 1. The Morgan fingerprint density at radius 3 is 1.86 bits per heavy atom. The van der Waals surface area contributed by atoms with E-state index in [1.807, 2.05) is 0 Å². The molecule has 1 rings (SSSR count). The van der Waals surface area contributed by atoms with Crippen molar-refractivity contribution < 1.29 is 41.4 Å². The fourth-order valence-electron chi connectivity index (χ4n) is 2.06. The zero-order valence-corrected chi connectivity index (χ0v) is 14.1. The lowest BCUT2D eigenvalue weighted by molar-refractivity contribution is -0.143. The molecule has 0 aliphatic heterocycles. The van der Waals surface area contributed by atoms with Crippen LogP contribution in [-0.2, 0) is 17.1 Å². The number of alkyl halides is 6. The molecule has 3 N–H and O–H groups in total. The summed E-state index contributed by atoms with van der Waals surface area (Å²) < 4.78 is 77.0. The van der Waals surface area contributed by atoms with Crippen molar-refractivity contribution in [3.05, 3.63) is 41.1 Å². The first-order valence-electron chi connectivity index (χ1n) is 7.61. The van der Waals surface area contributed by atoms with Crippen molar-refractivity contribution in [1.29, 1.82) is 5.26 Å². The van der Waals surface area contributed by atoms with E-state index >= 15 is 0 Å². The molecule has 0 heterocycles. The number of rotatable bonds is 7. The van der Waals surface area contributed by atoms with Gasteiger partial charge >= 0.3 is 12.4 Å². The number of hydrogen-bond acceptors (Lipinski definition) is 5. The molecular formula is C16H15F6N3O3. The Balaban J connectivity index is 3.23. The zero-order chi connectivity index (χ0) is 21.5. The van der Waals surface area contributed by atoms with Gasteiger partial charge in [-0.05, 0) is 18.2 Å². The molecule has 0 aromatic heterocycles. The van der Waals surface area contributed by atoms with Crippen molar-refractivity contribution in [3.8, 4) is 6.07 Å². The Labute approximate surface area is 155 Å². The highest BCUT2D eigenvalue weighted by molar-refractivity contribution is 5.97. The third kappa shape index (κ3) is 6.43. The highest BCUT2D eigenvalue weighted by atomic mass is 19.4. The van der Waals surface area contributed by atoms with Crippen LogP contribution in [0.3, 0.4) is 0 Å². The monoisotopic (exact) mass is 411 g/mol. The molecule has 0 saturated heterocycles. The molecule has 1 aromatic rings. The van der Waals surface area contributed by atoms with E-state index in [-0.39, 0.29) is 19.2 Å². The summed E-state index contributed by atoms with van der Waals surface area (Å²) in [4.78, 5) is 13.0. The van der Waals surface area contributed by atoms with Crippen molar-refractivity contribution in [2.24, 2.45) is 0 Å². The topological polar surface area (TPSA) is 96.6 Å². The number of carbonyl (C=O) groups is 1. The molecule has 1 aromatic carbocycles. The Hall–Kier alpha value is -2.78. The van der Waals surface area contributed by atoms with Gasteiger partial charge in [0.1, 0.15) is 11.6 Å². The fraction of sp³-hybridized carbons (Fsp3) is 0.375. The van der Waals surface area contributed by atoms with Crippen LogP contribution in [0.15, 0.2) is 30.0 Å². The predicted molar refractivity (Wildman–Crippen MR) is 84.5 cm³/mol. The zero-order valence-electron chi connectivity index (χ0n) is 14.1. The van der Waals surface area contributed by atoms with Gasteiger partial charge in [0.05, 0.1) is 24.3 Å². The summed E-state index contributed by atoms with van der Waals surface area (Å²) in [5.41, 5.74) is -4.41. The average Bonchev–Trinajstić information content (AvgIpc) is 2.60. The van der Waals surface area contributed by atoms with Crippen LogP contribution in [0, 0.1) is 11.3 Å². The molecule has 0 atom stereocenters. The Morgan fingerprint density at radius 2 is 1.50 bits per heavy atom. The number of benzene rings is 1. The minimum atomic E-state index is -5.05. The molecule has 0 spiro atoms. The predicted octanol–water partition coefficient (Wildman–Crippen LogP) is 2.36. The lowest BCUT2D eigenvalue weighted by Crippen LogP contribution is -2.36. The number of nitrogens with one attached hydrogen (secondary N) is 1. The summed E-state index contributed by atoms with van der Waals surface area (Å²) in [6.07, 6.45) is -9.44. The number of anilines is 1. The molecule has 0 saturated carbocycles. The number of hydrogen-bond donors (Lipinski definition) is 3. The minimum absolute atomic E-state index is 0.0600. The summed E-state index contributed by atoms with van der Waals surface area (Å²) in [6, 6.07) is 2.19. The van der Waals surface area contributed by atoms with E-state index in [0.717, 1.165) is 4.90 Å². The van der Waals surface area contributed by atoms with Crippen LogP contribution in [-0.4, -0.2) is 47.3 Å². The van der Waals surface area contributed by atoms with Crippen LogP contribution in [0.25, 0.3) is 0 Å². The Bertz CT molecular complexity index is 730. The molecule has 0 radical (unpaired) electrons. The first-order chi connectivity index (χ1) is 12.9.